The number of hydrogen-bond donors (Lipinski definition) is 1. The number of anilines is 1. The lowest BCUT2D eigenvalue weighted by Gasteiger charge is -2.10. The van der Waals surface area contributed by atoms with E-state index in [1.54, 1.807) is 6.07 Å². The van der Waals surface area contributed by atoms with Gasteiger partial charge in [0.25, 0.3) is 0 Å². The van der Waals surface area contributed by atoms with Crippen LogP contribution in [0.5, 0.6) is 0 Å². The smallest absolute Gasteiger partial charge is 0.177 e. The lowest BCUT2D eigenvalue weighted by atomic mass is 9.98. The fourth-order valence-corrected chi connectivity index (χ4v) is 2.34. The molecule has 0 bridgehead atoms. The molecule has 1 rings (SSSR count). The van der Waals surface area contributed by atoms with Crippen molar-refractivity contribution in [1.29, 1.82) is 5.26 Å². The van der Waals surface area contributed by atoms with Crippen molar-refractivity contribution in [3.63, 3.8) is 0 Å². The van der Waals surface area contributed by atoms with Gasteiger partial charge in [-0.1, -0.05) is 13.0 Å². The number of nitrogen functional groups attached to an aromatic ring is 1. The van der Waals surface area contributed by atoms with Crippen LogP contribution >= 0.6 is 0 Å². The van der Waals surface area contributed by atoms with E-state index in [9.17, 15) is 8.42 Å². The van der Waals surface area contributed by atoms with Crippen molar-refractivity contribution in [2.75, 3.05) is 12.0 Å². The molecule has 1 atom stereocenters. The lowest BCUT2D eigenvalue weighted by Crippen LogP contribution is -2.04. The molecule has 0 fully saturated rings. The fourth-order valence-electron chi connectivity index (χ4n) is 1.49. The Hall–Kier alpha value is -1.54. The summed E-state index contributed by atoms with van der Waals surface area (Å²) < 4.78 is 22.9. The highest BCUT2D eigenvalue weighted by atomic mass is 32.2. The van der Waals surface area contributed by atoms with Crippen molar-refractivity contribution in [2.45, 2.75) is 24.2 Å². The van der Waals surface area contributed by atoms with E-state index in [2.05, 4.69) is 6.07 Å². The Kier molecular flexibility index (Phi) is 3.55. The van der Waals surface area contributed by atoms with Gasteiger partial charge in [0.2, 0.25) is 0 Å². The summed E-state index contributed by atoms with van der Waals surface area (Å²) >= 11 is 0. The van der Waals surface area contributed by atoms with E-state index < -0.39 is 9.84 Å². The number of rotatable bonds is 3. The van der Waals surface area contributed by atoms with Crippen molar-refractivity contribution in [1.82, 2.24) is 0 Å². The SMILES string of the molecule is CCC(C#N)c1ccc(N)c(S(C)(=O)=O)c1. The Balaban J connectivity index is 3.35. The molecule has 0 saturated carbocycles. The van der Waals surface area contributed by atoms with E-state index in [1.807, 2.05) is 6.92 Å². The summed E-state index contributed by atoms with van der Waals surface area (Å²) in [6, 6.07) is 6.85. The van der Waals surface area contributed by atoms with Gasteiger partial charge in [0.1, 0.15) is 0 Å². The number of nitrogens with two attached hydrogens (primary N) is 1. The molecule has 1 unspecified atom stereocenters. The van der Waals surface area contributed by atoms with E-state index >= 15 is 0 Å². The summed E-state index contributed by atoms with van der Waals surface area (Å²) in [6.45, 7) is 1.88. The second-order valence-corrected chi connectivity index (χ2v) is 5.64. The molecule has 0 aromatic heterocycles. The van der Waals surface area contributed by atoms with Crippen molar-refractivity contribution in [3.05, 3.63) is 23.8 Å². The quantitative estimate of drug-likeness (QED) is 0.812. The van der Waals surface area contributed by atoms with Gasteiger partial charge in [-0.25, -0.2) is 8.42 Å². The van der Waals surface area contributed by atoms with Crippen LogP contribution in [0.3, 0.4) is 0 Å². The molecule has 0 aliphatic heterocycles. The first kappa shape index (κ1) is 12.5. The molecule has 0 radical (unpaired) electrons. The van der Waals surface area contributed by atoms with Crippen LogP contribution in [0.25, 0.3) is 0 Å². The number of benzene rings is 1. The Morgan fingerprint density at radius 3 is 2.56 bits per heavy atom. The molecule has 0 spiro atoms. The molecule has 0 aliphatic rings. The zero-order valence-corrected chi connectivity index (χ0v) is 10.1. The van der Waals surface area contributed by atoms with Gasteiger partial charge >= 0.3 is 0 Å². The topological polar surface area (TPSA) is 83.9 Å². The van der Waals surface area contributed by atoms with Crippen LogP contribution in [0.2, 0.25) is 0 Å². The molecule has 0 amide bonds. The average Bonchev–Trinajstić information content (AvgIpc) is 2.20. The molecular weight excluding hydrogens is 224 g/mol. The summed E-state index contributed by atoms with van der Waals surface area (Å²) in [4.78, 5) is 0.0960. The first-order valence-corrected chi connectivity index (χ1v) is 6.78. The molecule has 5 heteroatoms. The molecule has 0 aliphatic carbocycles. The Morgan fingerprint density at radius 2 is 2.12 bits per heavy atom. The van der Waals surface area contributed by atoms with Crippen LogP contribution in [-0.4, -0.2) is 14.7 Å². The molecular formula is C11H14N2O2S. The normalized spacial score (nSPS) is 13.1. The van der Waals surface area contributed by atoms with Crippen LogP contribution in [0.1, 0.15) is 24.8 Å². The average molecular weight is 238 g/mol. The second-order valence-electron chi connectivity index (χ2n) is 3.66. The zero-order valence-electron chi connectivity index (χ0n) is 9.27. The van der Waals surface area contributed by atoms with Gasteiger partial charge in [-0.3, -0.25) is 0 Å². The third kappa shape index (κ3) is 2.52. The molecule has 86 valence electrons. The molecule has 0 heterocycles. The van der Waals surface area contributed by atoms with Crippen LogP contribution in [0, 0.1) is 11.3 Å². The number of nitrogens with zero attached hydrogens (tertiary/aromatic N) is 1. The summed E-state index contributed by atoms with van der Waals surface area (Å²) in [7, 11) is -3.34. The molecule has 16 heavy (non-hydrogen) atoms. The van der Waals surface area contributed by atoms with Gasteiger partial charge in [0.15, 0.2) is 9.84 Å². The zero-order chi connectivity index (χ0) is 12.3. The highest BCUT2D eigenvalue weighted by Gasteiger charge is 2.15. The van der Waals surface area contributed by atoms with E-state index in [1.165, 1.54) is 12.1 Å². The minimum Gasteiger partial charge on any atom is -0.398 e. The first-order chi connectivity index (χ1) is 7.40. The highest BCUT2D eigenvalue weighted by Crippen LogP contribution is 2.25. The third-order valence-electron chi connectivity index (χ3n) is 2.40. The standard InChI is InChI=1S/C11H14N2O2S/c1-3-8(7-12)9-4-5-10(13)11(6-9)16(2,14)15/h4-6,8H,3,13H2,1-2H3. The minimum absolute atomic E-state index is 0.0960. The summed E-state index contributed by atoms with van der Waals surface area (Å²) in [5, 5.41) is 8.91. The lowest BCUT2D eigenvalue weighted by molar-refractivity contribution is 0.602. The number of sulfone groups is 1. The monoisotopic (exact) mass is 238 g/mol. The number of nitriles is 1. The predicted octanol–water partition coefficient (Wildman–Crippen LogP) is 1.69. The Morgan fingerprint density at radius 1 is 1.50 bits per heavy atom. The molecule has 2 N–H and O–H groups in total. The Bertz CT molecular complexity index is 529. The molecule has 4 nitrogen and oxygen atoms in total. The summed E-state index contributed by atoms with van der Waals surface area (Å²) in [5.41, 5.74) is 6.51. The van der Waals surface area contributed by atoms with Crippen LogP contribution in [-0.2, 0) is 9.84 Å². The van der Waals surface area contributed by atoms with Crippen LogP contribution < -0.4 is 5.73 Å². The van der Waals surface area contributed by atoms with Gasteiger partial charge < -0.3 is 5.73 Å². The molecule has 1 aromatic carbocycles. The molecule has 1 aromatic rings. The highest BCUT2D eigenvalue weighted by molar-refractivity contribution is 7.90. The maximum Gasteiger partial charge on any atom is 0.177 e. The van der Waals surface area contributed by atoms with E-state index in [0.29, 0.717) is 12.0 Å². The van der Waals surface area contributed by atoms with Crippen molar-refractivity contribution >= 4 is 15.5 Å². The van der Waals surface area contributed by atoms with Gasteiger partial charge in [0, 0.05) is 6.26 Å². The maximum atomic E-state index is 11.4. The van der Waals surface area contributed by atoms with Crippen molar-refractivity contribution in [2.24, 2.45) is 0 Å². The van der Waals surface area contributed by atoms with E-state index in [4.69, 9.17) is 11.0 Å². The van der Waals surface area contributed by atoms with Gasteiger partial charge in [-0.15, -0.1) is 0 Å². The fraction of sp³-hybridized carbons (Fsp3) is 0.364. The first-order valence-electron chi connectivity index (χ1n) is 4.89. The predicted molar refractivity (Wildman–Crippen MR) is 62.6 cm³/mol. The molecule has 0 saturated heterocycles. The Labute approximate surface area is 95.6 Å². The van der Waals surface area contributed by atoms with Gasteiger partial charge in [-0.05, 0) is 24.1 Å². The van der Waals surface area contributed by atoms with Crippen LogP contribution in [0.4, 0.5) is 5.69 Å². The maximum absolute atomic E-state index is 11.4. The third-order valence-corrected chi connectivity index (χ3v) is 3.56. The largest absolute Gasteiger partial charge is 0.398 e. The number of hydrogen-bond acceptors (Lipinski definition) is 4. The van der Waals surface area contributed by atoms with Gasteiger partial charge in [0.05, 0.1) is 22.6 Å². The minimum atomic E-state index is -3.34. The van der Waals surface area contributed by atoms with E-state index in [0.717, 1.165) is 6.26 Å². The van der Waals surface area contributed by atoms with Gasteiger partial charge in [-0.2, -0.15) is 5.26 Å². The van der Waals surface area contributed by atoms with Crippen LogP contribution in [0.15, 0.2) is 23.1 Å². The summed E-state index contributed by atoms with van der Waals surface area (Å²) in [5.74, 6) is -0.291. The van der Waals surface area contributed by atoms with Crippen molar-refractivity contribution < 1.29 is 8.42 Å². The van der Waals surface area contributed by atoms with Crippen molar-refractivity contribution in [3.8, 4) is 6.07 Å². The second kappa shape index (κ2) is 4.54. The van der Waals surface area contributed by atoms with E-state index in [-0.39, 0.29) is 16.5 Å². The summed E-state index contributed by atoms with van der Waals surface area (Å²) in [6.07, 6.45) is 1.75.